The predicted octanol–water partition coefficient (Wildman–Crippen LogP) is 3.95. The summed E-state index contributed by atoms with van der Waals surface area (Å²) in [5.74, 6) is -0.361. The van der Waals surface area contributed by atoms with E-state index in [1.54, 1.807) is 18.2 Å². The molecule has 0 radical (unpaired) electrons. The number of aryl methyl sites for hydroxylation is 2. The van der Waals surface area contributed by atoms with Crippen molar-refractivity contribution in [1.82, 2.24) is 0 Å². The van der Waals surface area contributed by atoms with Crippen LogP contribution in [0.5, 0.6) is 0 Å². The van der Waals surface area contributed by atoms with E-state index in [-0.39, 0.29) is 10.9 Å². The molecule has 26 heavy (non-hydrogen) atoms. The van der Waals surface area contributed by atoms with Crippen LogP contribution < -0.4 is 0 Å². The number of hydrogen-bond donors (Lipinski definition) is 0. The third-order valence-corrected chi connectivity index (χ3v) is 5.75. The van der Waals surface area contributed by atoms with E-state index >= 15 is 0 Å². The van der Waals surface area contributed by atoms with Gasteiger partial charge in [0.15, 0.2) is 9.84 Å². The second kappa shape index (κ2) is 6.09. The molecule has 0 saturated heterocycles. The summed E-state index contributed by atoms with van der Waals surface area (Å²) in [5.41, 5.74) is 4.04. The third-order valence-electron chi connectivity index (χ3n) is 4.64. The van der Waals surface area contributed by atoms with Crippen LogP contribution in [-0.2, 0) is 19.4 Å². The Morgan fingerprint density at radius 1 is 0.962 bits per heavy atom. The van der Waals surface area contributed by atoms with Gasteiger partial charge >= 0.3 is 5.97 Å². The van der Waals surface area contributed by atoms with Gasteiger partial charge in [0.2, 0.25) is 0 Å². The summed E-state index contributed by atoms with van der Waals surface area (Å²) in [6.07, 6.45) is 1.19. The van der Waals surface area contributed by atoms with E-state index in [0.29, 0.717) is 5.57 Å². The van der Waals surface area contributed by atoms with Crippen LogP contribution in [0.3, 0.4) is 0 Å². The van der Waals surface area contributed by atoms with E-state index in [0.717, 1.165) is 27.8 Å². The van der Waals surface area contributed by atoms with Crippen LogP contribution in [0, 0.1) is 13.8 Å². The maximum Gasteiger partial charge on any atom is 0.340 e. The second-order valence-corrected chi connectivity index (χ2v) is 9.28. The van der Waals surface area contributed by atoms with Gasteiger partial charge in [-0.15, -0.1) is 0 Å². The number of cyclic esters (lactones) is 1. The van der Waals surface area contributed by atoms with Crippen molar-refractivity contribution in [2.45, 2.75) is 38.2 Å². The van der Waals surface area contributed by atoms with Crippen LogP contribution in [0.1, 0.15) is 36.1 Å². The first-order valence-corrected chi connectivity index (χ1v) is 10.3. The van der Waals surface area contributed by atoms with Gasteiger partial charge in [0.05, 0.1) is 10.5 Å². The van der Waals surface area contributed by atoms with E-state index in [2.05, 4.69) is 0 Å². The Balaban J connectivity index is 2.27. The maximum atomic E-state index is 12.6. The number of esters is 1. The molecule has 0 fully saturated rings. The highest BCUT2D eigenvalue weighted by Gasteiger charge is 2.42. The van der Waals surface area contributed by atoms with Crippen molar-refractivity contribution in [2.24, 2.45) is 0 Å². The highest BCUT2D eigenvalue weighted by molar-refractivity contribution is 7.90. The largest absolute Gasteiger partial charge is 0.451 e. The molecule has 0 saturated carbocycles. The molecule has 2 aromatic rings. The van der Waals surface area contributed by atoms with Gasteiger partial charge in [0.1, 0.15) is 5.60 Å². The molecular formula is C21H22O4S. The maximum absolute atomic E-state index is 12.6. The molecule has 2 aromatic carbocycles. The molecule has 5 heteroatoms. The summed E-state index contributed by atoms with van der Waals surface area (Å²) in [5, 5.41) is 0. The van der Waals surface area contributed by atoms with Crippen molar-refractivity contribution in [3.8, 4) is 0 Å². The fourth-order valence-electron chi connectivity index (χ4n) is 3.33. The van der Waals surface area contributed by atoms with Crippen LogP contribution >= 0.6 is 0 Å². The van der Waals surface area contributed by atoms with Crippen LogP contribution in [0.15, 0.2) is 47.4 Å². The highest BCUT2D eigenvalue weighted by Crippen LogP contribution is 2.44. The molecule has 1 aliphatic heterocycles. The Morgan fingerprint density at radius 2 is 1.58 bits per heavy atom. The Bertz CT molecular complexity index is 1030. The van der Waals surface area contributed by atoms with Crippen molar-refractivity contribution in [1.29, 1.82) is 0 Å². The van der Waals surface area contributed by atoms with Crippen molar-refractivity contribution >= 4 is 27.0 Å². The number of rotatable bonds is 3. The molecule has 0 atom stereocenters. The molecule has 1 aliphatic rings. The monoisotopic (exact) mass is 370 g/mol. The quantitative estimate of drug-likeness (QED) is 0.768. The van der Waals surface area contributed by atoms with Crippen molar-refractivity contribution in [3.63, 3.8) is 0 Å². The van der Waals surface area contributed by atoms with E-state index in [4.69, 9.17) is 4.74 Å². The second-order valence-electron chi connectivity index (χ2n) is 7.26. The first-order valence-electron chi connectivity index (χ1n) is 8.37. The number of hydrogen-bond acceptors (Lipinski definition) is 4. The average molecular weight is 370 g/mol. The van der Waals surface area contributed by atoms with Crippen LogP contribution in [-0.4, -0.2) is 26.2 Å². The number of ether oxygens (including phenoxy) is 1. The Labute approximate surface area is 154 Å². The van der Waals surface area contributed by atoms with Gasteiger partial charge in [-0.05, 0) is 56.5 Å². The lowest BCUT2D eigenvalue weighted by molar-refractivity contribution is -0.141. The van der Waals surface area contributed by atoms with Crippen molar-refractivity contribution in [3.05, 3.63) is 64.7 Å². The van der Waals surface area contributed by atoms with E-state index in [1.807, 2.05) is 52.0 Å². The van der Waals surface area contributed by atoms with Crippen LogP contribution in [0.25, 0.3) is 11.1 Å². The summed E-state index contributed by atoms with van der Waals surface area (Å²) in [7, 11) is -3.29. The Hall–Kier alpha value is -2.40. The predicted molar refractivity (Wildman–Crippen MR) is 102 cm³/mol. The van der Waals surface area contributed by atoms with Gasteiger partial charge in [-0.25, -0.2) is 13.2 Å². The molecule has 136 valence electrons. The molecular weight excluding hydrogens is 348 g/mol. The zero-order valence-corrected chi connectivity index (χ0v) is 16.4. The average Bonchev–Trinajstić information content (AvgIpc) is 2.76. The summed E-state index contributed by atoms with van der Waals surface area (Å²) >= 11 is 0. The summed E-state index contributed by atoms with van der Waals surface area (Å²) in [6.45, 7) is 7.55. The molecule has 0 unspecified atom stereocenters. The lowest BCUT2D eigenvalue weighted by Crippen LogP contribution is -2.22. The molecule has 0 spiro atoms. The van der Waals surface area contributed by atoms with Gasteiger partial charge in [-0.1, -0.05) is 35.9 Å². The topological polar surface area (TPSA) is 60.4 Å². The summed E-state index contributed by atoms with van der Waals surface area (Å²) in [6, 6.07) is 12.7. The Morgan fingerprint density at radius 3 is 2.12 bits per heavy atom. The summed E-state index contributed by atoms with van der Waals surface area (Å²) in [4.78, 5) is 12.9. The molecule has 0 amide bonds. The number of sulfone groups is 1. The molecule has 1 heterocycles. The molecule has 3 rings (SSSR count). The Kier molecular flexibility index (Phi) is 4.31. The minimum absolute atomic E-state index is 0.263. The minimum atomic E-state index is -3.29. The van der Waals surface area contributed by atoms with Gasteiger partial charge in [0, 0.05) is 11.8 Å². The van der Waals surface area contributed by atoms with E-state index in [9.17, 15) is 13.2 Å². The van der Waals surface area contributed by atoms with Crippen LogP contribution in [0.4, 0.5) is 0 Å². The van der Waals surface area contributed by atoms with Gasteiger partial charge in [-0.3, -0.25) is 0 Å². The SMILES string of the molecule is Cc1ccc(C2=C(c3ccc(S(C)(=O)=O)cc3C)C(C)(C)OC2=O)cc1. The molecule has 4 nitrogen and oxygen atoms in total. The van der Waals surface area contributed by atoms with Crippen molar-refractivity contribution < 1.29 is 17.9 Å². The first-order chi connectivity index (χ1) is 12.0. The van der Waals surface area contributed by atoms with E-state index < -0.39 is 15.4 Å². The van der Waals surface area contributed by atoms with Gasteiger partial charge in [0.25, 0.3) is 0 Å². The first kappa shape index (κ1) is 18.4. The minimum Gasteiger partial charge on any atom is -0.451 e. The fourth-order valence-corrected chi connectivity index (χ4v) is 4.03. The molecule has 0 aromatic heterocycles. The number of carbonyl (C=O) groups is 1. The van der Waals surface area contributed by atoms with Crippen molar-refractivity contribution in [2.75, 3.05) is 6.26 Å². The molecule has 0 bridgehead atoms. The van der Waals surface area contributed by atoms with Gasteiger partial charge < -0.3 is 4.74 Å². The third kappa shape index (κ3) is 3.19. The number of carbonyl (C=O) groups excluding carboxylic acids is 1. The zero-order chi connectivity index (χ0) is 19.3. The normalized spacial score (nSPS) is 16.7. The van der Waals surface area contributed by atoms with E-state index in [1.165, 1.54) is 6.26 Å². The fraction of sp³-hybridized carbons (Fsp3) is 0.286. The molecule has 0 aliphatic carbocycles. The number of benzene rings is 2. The van der Waals surface area contributed by atoms with Gasteiger partial charge in [-0.2, -0.15) is 0 Å². The highest BCUT2D eigenvalue weighted by atomic mass is 32.2. The lowest BCUT2D eigenvalue weighted by Gasteiger charge is -2.23. The molecule has 0 N–H and O–H groups in total. The lowest BCUT2D eigenvalue weighted by atomic mass is 9.85. The standard InChI is InChI=1S/C21H22O4S/c1-13-6-8-15(9-7-13)18-19(21(3,4)25-20(18)22)17-11-10-16(12-14(17)2)26(5,23)24/h6-12H,1-5H3. The zero-order valence-electron chi connectivity index (χ0n) is 15.6. The van der Waals surface area contributed by atoms with Crippen LogP contribution in [0.2, 0.25) is 0 Å². The smallest absolute Gasteiger partial charge is 0.340 e. The summed E-state index contributed by atoms with van der Waals surface area (Å²) < 4.78 is 29.3.